The van der Waals surface area contributed by atoms with Gasteiger partial charge in [-0.3, -0.25) is 9.59 Å². The van der Waals surface area contributed by atoms with Crippen LogP contribution in [0.5, 0.6) is 0 Å². The minimum atomic E-state index is -0.451. The molecule has 1 heterocycles. The Bertz CT molecular complexity index is 1120. The Balaban J connectivity index is 1.91. The quantitative estimate of drug-likeness (QED) is 0.411. The number of hydrogen-bond donors (Lipinski definition) is 1. The highest BCUT2D eigenvalue weighted by molar-refractivity contribution is 6.30. The van der Waals surface area contributed by atoms with E-state index in [0.29, 0.717) is 21.5 Å². The summed E-state index contributed by atoms with van der Waals surface area (Å²) in [5, 5.41) is 7.29. The maximum atomic E-state index is 12.8. The number of rotatable bonds is 5. The van der Waals surface area contributed by atoms with Crippen LogP contribution in [0.3, 0.4) is 0 Å². The third kappa shape index (κ3) is 4.11. The number of aryl methyl sites for hydroxylation is 1. The number of hydrogen-bond acceptors (Lipinski definition) is 3. The standard InChI is InChI=1S/C19H16ClN5O2/c1-25-11-16(19(27)22-9-12-2-5-14(20)6-3-12)18(26)15-8-13(10-23-24-21)4-7-17(15)25/h2-8,11H,9-10H2,1H3,(H,22,27). The number of azide groups is 1. The molecule has 1 amide bonds. The summed E-state index contributed by atoms with van der Waals surface area (Å²) >= 11 is 5.85. The van der Waals surface area contributed by atoms with Gasteiger partial charge in [0.05, 0.1) is 12.1 Å². The molecular formula is C19H16ClN5O2. The van der Waals surface area contributed by atoms with Gasteiger partial charge < -0.3 is 9.88 Å². The smallest absolute Gasteiger partial charge is 0.257 e. The first-order chi connectivity index (χ1) is 13.0. The Hall–Kier alpha value is -3.28. The van der Waals surface area contributed by atoms with Gasteiger partial charge in [0.2, 0.25) is 5.43 Å². The van der Waals surface area contributed by atoms with E-state index in [1.807, 2.05) is 12.1 Å². The van der Waals surface area contributed by atoms with Gasteiger partial charge in [0.1, 0.15) is 5.56 Å². The molecule has 2 aromatic carbocycles. The second-order valence-electron chi connectivity index (χ2n) is 6.03. The van der Waals surface area contributed by atoms with Gasteiger partial charge in [0.15, 0.2) is 0 Å². The Labute approximate surface area is 159 Å². The SMILES string of the molecule is Cn1cc(C(=O)NCc2ccc(Cl)cc2)c(=O)c2cc(CN=[N+]=[N-])ccc21. The van der Waals surface area contributed by atoms with Crippen molar-refractivity contribution >= 4 is 28.4 Å². The van der Waals surface area contributed by atoms with Crippen LogP contribution in [0.25, 0.3) is 21.3 Å². The van der Waals surface area contributed by atoms with Gasteiger partial charge in [-0.1, -0.05) is 34.9 Å². The van der Waals surface area contributed by atoms with Crippen LogP contribution in [0.2, 0.25) is 5.02 Å². The highest BCUT2D eigenvalue weighted by Crippen LogP contribution is 2.15. The molecule has 3 aromatic rings. The van der Waals surface area contributed by atoms with Crippen LogP contribution in [0, 0.1) is 0 Å². The third-order valence-electron chi connectivity index (χ3n) is 4.18. The molecule has 1 N–H and O–H groups in total. The lowest BCUT2D eigenvalue weighted by atomic mass is 10.1. The lowest BCUT2D eigenvalue weighted by Crippen LogP contribution is -2.29. The fourth-order valence-electron chi connectivity index (χ4n) is 2.79. The number of benzene rings is 2. The molecule has 0 saturated carbocycles. The van der Waals surface area contributed by atoms with Crippen molar-refractivity contribution in [3.63, 3.8) is 0 Å². The maximum absolute atomic E-state index is 12.8. The van der Waals surface area contributed by atoms with E-state index in [9.17, 15) is 9.59 Å². The highest BCUT2D eigenvalue weighted by atomic mass is 35.5. The van der Waals surface area contributed by atoms with Gasteiger partial charge in [-0.05, 0) is 40.9 Å². The molecule has 0 aliphatic heterocycles. The molecule has 0 atom stereocenters. The molecule has 0 bridgehead atoms. The van der Waals surface area contributed by atoms with Gasteiger partial charge in [0.25, 0.3) is 5.91 Å². The molecule has 0 aliphatic carbocycles. The van der Waals surface area contributed by atoms with E-state index >= 15 is 0 Å². The Morgan fingerprint density at radius 2 is 1.93 bits per heavy atom. The topological polar surface area (TPSA) is 99.9 Å². The number of carbonyl (C=O) groups excluding carboxylic acids is 1. The number of amides is 1. The number of nitrogens with zero attached hydrogens (tertiary/aromatic N) is 4. The summed E-state index contributed by atoms with van der Waals surface area (Å²) in [6.07, 6.45) is 1.52. The number of aromatic nitrogens is 1. The van der Waals surface area contributed by atoms with Crippen LogP contribution >= 0.6 is 11.6 Å². The molecule has 7 nitrogen and oxygen atoms in total. The second kappa shape index (κ2) is 7.95. The molecule has 0 saturated heterocycles. The summed E-state index contributed by atoms with van der Waals surface area (Å²) in [6.45, 7) is 0.427. The molecule has 0 aliphatic rings. The molecule has 1 aromatic heterocycles. The molecule has 0 radical (unpaired) electrons. The largest absolute Gasteiger partial charge is 0.350 e. The monoisotopic (exact) mass is 381 g/mol. The number of fused-ring (bicyclic) bond motifs is 1. The van der Waals surface area contributed by atoms with Gasteiger partial charge in [0, 0.05) is 35.1 Å². The number of carbonyl (C=O) groups is 1. The van der Waals surface area contributed by atoms with E-state index in [1.165, 1.54) is 6.20 Å². The van der Waals surface area contributed by atoms with E-state index in [4.69, 9.17) is 17.1 Å². The number of nitrogens with one attached hydrogen (secondary N) is 1. The van der Waals surface area contributed by atoms with E-state index in [2.05, 4.69) is 15.3 Å². The third-order valence-corrected chi connectivity index (χ3v) is 4.43. The molecular weight excluding hydrogens is 366 g/mol. The zero-order valence-electron chi connectivity index (χ0n) is 14.5. The van der Waals surface area contributed by atoms with Gasteiger partial charge in [-0.15, -0.1) is 0 Å². The summed E-state index contributed by atoms with van der Waals surface area (Å²) in [5.41, 5.74) is 10.4. The molecule has 0 fully saturated rings. The van der Waals surface area contributed by atoms with Crippen molar-refractivity contribution < 1.29 is 4.79 Å². The van der Waals surface area contributed by atoms with E-state index < -0.39 is 5.91 Å². The fourth-order valence-corrected chi connectivity index (χ4v) is 2.92. The first-order valence-electron chi connectivity index (χ1n) is 8.15. The van der Waals surface area contributed by atoms with Crippen molar-refractivity contribution in [1.82, 2.24) is 9.88 Å². The zero-order chi connectivity index (χ0) is 19.4. The maximum Gasteiger partial charge on any atom is 0.257 e. The number of pyridine rings is 1. The van der Waals surface area contributed by atoms with Gasteiger partial charge in [-0.2, -0.15) is 0 Å². The first kappa shape index (κ1) is 18.5. The van der Waals surface area contributed by atoms with Crippen molar-refractivity contribution in [2.75, 3.05) is 0 Å². The summed E-state index contributed by atoms with van der Waals surface area (Å²) in [5.74, 6) is -0.451. The summed E-state index contributed by atoms with van der Waals surface area (Å²) in [7, 11) is 1.77. The fraction of sp³-hybridized carbons (Fsp3) is 0.158. The van der Waals surface area contributed by atoms with Crippen molar-refractivity contribution in [2.24, 2.45) is 12.2 Å². The second-order valence-corrected chi connectivity index (χ2v) is 6.47. The van der Waals surface area contributed by atoms with Crippen LogP contribution in [-0.2, 0) is 20.1 Å². The average molecular weight is 382 g/mol. The van der Waals surface area contributed by atoms with Crippen LogP contribution in [-0.4, -0.2) is 10.5 Å². The zero-order valence-corrected chi connectivity index (χ0v) is 15.3. The van der Waals surface area contributed by atoms with Crippen molar-refractivity contribution in [3.05, 3.63) is 91.0 Å². The average Bonchev–Trinajstić information content (AvgIpc) is 2.68. The molecule has 3 rings (SSSR count). The predicted octanol–water partition coefficient (Wildman–Crippen LogP) is 3.93. The Morgan fingerprint density at radius 3 is 2.63 bits per heavy atom. The summed E-state index contributed by atoms with van der Waals surface area (Å²) in [6, 6.07) is 12.3. The Kier molecular flexibility index (Phi) is 5.45. The molecule has 8 heteroatoms. The molecule has 0 spiro atoms. The van der Waals surface area contributed by atoms with Crippen LogP contribution < -0.4 is 10.7 Å². The molecule has 136 valence electrons. The highest BCUT2D eigenvalue weighted by Gasteiger charge is 2.14. The van der Waals surface area contributed by atoms with Crippen molar-refractivity contribution in [2.45, 2.75) is 13.1 Å². The minimum Gasteiger partial charge on any atom is -0.350 e. The van der Waals surface area contributed by atoms with E-state index in [0.717, 1.165) is 5.56 Å². The Morgan fingerprint density at radius 1 is 1.22 bits per heavy atom. The van der Waals surface area contributed by atoms with Crippen LogP contribution in [0.15, 0.2) is 58.6 Å². The van der Waals surface area contributed by atoms with E-state index in [-0.39, 0.29) is 24.1 Å². The predicted molar refractivity (Wildman–Crippen MR) is 105 cm³/mol. The van der Waals surface area contributed by atoms with Crippen LogP contribution in [0.1, 0.15) is 21.5 Å². The van der Waals surface area contributed by atoms with Gasteiger partial charge in [-0.25, -0.2) is 0 Å². The first-order valence-corrected chi connectivity index (χ1v) is 8.53. The van der Waals surface area contributed by atoms with E-state index in [1.54, 1.807) is 41.9 Å². The lowest BCUT2D eigenvalue weighted by Gasteiger charge is -2.11. The summed E-state index contributed by atoms with van der Waals surface area (Å²) in [4.78, 5) is 28.1. The molecule has 0 unspecified atom stereocenters. The van der Waals surface area contributed by atoms with Crippen LogP contribution in [0.4, 0.5) is 0 Å². The van der Waals surface area contributed by atoms with Gasteiger partial charge >= 0.3 is 0 Å². The van der Waals surface area contributed by atoms with Crippen molar-refractivity contribution in [3.8, 4) is 0 Å². The molecule has 27 heavy (non-hydrogen) atoms. The van der Waals surface area contributed by atoms with Crippen molar-refractivity contribution in [1.29, 1.82) is 0 Å². The summed E-state index contributed by atoms with van der Waals surface area (Å²) < 4.78 is 1.73. The lowest BCUT2D eigenvalue weighted by molar-refractivity contribution is 0.0949. The normalized spacial score (nSPS) is 10.4. The minimum absolute atomic E-state index is 0.0555. The number of halogens is 1.